The highest BCUT2D eigenvalue weighted by atomic mass is 15.1. The third-order valence-corrected chi connectivity index (χ3v) is 12.0. The van der Waals surface area contributed by atoms with E-state index in [1.807, 2.05) is 18.5 Å². The van der Waals surface area contributed by atoms with Gasteiger partial charge in [-0.3, -0.25) is 9.55 Å². The molecule has 3 heteroatoms. The summed E-state index contributed by atoms with van der Waals surface area (Å²) < 4.78 is 2.27. The van der Waals surface area contributed by atoms with Gasteiger partial charge in [0.1, 0.15) is 5.82 Å². The maximum atomic E-state index is 5.18. The Morgan fingerprint density at radius 3 is 1.56 bits per heavy atom. The molecule has 3 aromatic heterocycles. The molecule has 3 nitrogen and oxygen atoms in total. The van der Waals surface area contributed by atoms with Crippen molar-refractivity contribution in [3.8, 4) is 50.5 Å². The summed E-state index contributed by atoms with van der Waals surface area (Å²) in [7, 11) is 0. The zero-order valence-electron chi connectivity index (χ0n) is 32.0. The average molecular weight is 750 g/mol. The molecule has 0 aliphatic heterocycles. The Morgan fingerprint density at radius 1 is 0.322 bits per heavy atom. The van der Waals surface area contributed by atoms with Crippen LogP contribution >= 0.6 is 0 Å². The molecule has 0 N–H and O–H groups in total. The molecule has 0 radical (unpaired) electrons. The number of benzene rings is 9. The lowest BCUT2D eigenvalue weighted by atomic mass is 9.84. The molecular weight excluding hydrogens is 715 g/mol. The van der Waals surface area contributed by atoms with Crippen molar-refractivity contribution in [1.82, 2.24) is 14.5 Å². The van der Waals surface area contributed by atoms with Gasteiger partial charge in [-0.1, -0.05) is 158 Å². The number of hydrogen-bond donors (Lipinski definition) is 0. The molecule has 0 aliphatic rings. The molecule has 0 atom stereocenters. The third kappa shape index (κ3) is 5.36. The van der Waals surface area contributed by atoms with E-state index in [0.717, 1.165) is 50.0 Å². The highest BCUT2D eigenvalue weighted by Gasteiger charge is 2.20. The van der Waals surface area contributed by atoms with Crippen molar-refractivity contribution in [2.75, 3.05) is 0 Å². The Labute approximate surface area is 341 Å². The molecule has 0 spiro atoms. The van der Waals surface area contributed by atoms with Crippen molar-refractivity contribution in [3.63, 3.8) is 0 Å². The normalized spacial score (nSPS) is 11.7. The molecule has 59 heavy (non-hydrogen) atoms. The van der Waals surface area contributed by atoms with Crippen LogP contribution in [0.5, 0.6) is 0 Å². The van der Waals surface area contributed by atoms with Gasteiger partial charge in [-0.15, -0.1) is 0 Å². The van der Waals surface area contributed by atoms with Crippen LogP contribution in [-0.2, 0) is 0 Å². The van der Waals surface area contributed by atoms with Gasteiger partial charge in [0, 0.05) is 34.3 Å². The van der Waals surface area contributed by atoms with E-state index in [1.54, 1.807) is 0 Å². The maximum absolute atomic E-state index is 5.18. The Morgan fingerprint density at radius 2 is 0.881 bits per heavy atom. The van der Waals surface area contributed by atoms with Crippen LogP contribution in [0.1, 0.15) is 0 Å². The van der Waals surface area contributed by atoms with E-state index >= 15 is 0 Å². The second-order valence-corrected chi connectivity index (χ2v) is 15.4. The minimum atomic E-state index is 0.868. The van der Waals surface area contributed by atoms with E-state index < -0.39 is 0 Å². The van der Waals surface area contributed by atoms with Crippen molar-refractivity contribution in [2.45, 2.75) is 0 Å². The summed E-state index contributed by atoms with van der Waals surface area (Å²) in [6, 6.07) is 72.4. The van der Waals surface area contributed by atoms with Crippen LogP contribution < -0.4 is 0 Å². The van der Waals surface area contributed by atoms with Gasteiger partial charge >= 0.3 is 0 Å². The van der Waals surface area contributed by atoms with Gasteiger partial charge in [-0.05, 0) is 113 Å². The summed E-state index contributed by atoms with van der Waals surface area (Å²) in [4.78, 5) is 10.1. The van der Waals surface area contributed by atoms with Crippen LogP contribution in [0.3, 0.4) is 0 Å². The number of pyridine rings is 2. The van der Waals surface area contributed by atoms with Crippen LogP contribution in [0.4, 0.5) is 0 Å². The number of fused-ring (bicyclic) bond motifs is 7. The Kier molecular flexibility index (Phi) is 7.54. The van der Waals surface area contributed by atoms with Crippen LogP contribution in [0, 0.1) is 0 Å². The molecule has 3 heterocycles. The second-order valence-electron chi connectivity index (χ2n) is 15.4. The molecule has 12 rings (SSSR count). The molecule has 0 fully saturated rings. The predicted molar refractivity (Wildman–Crippen MR) is 248 cm³/mol. The van der Waals surface area contributed by atoms with Crippen LogP contribution in [0.15, 0.2) is 213 Å². The second kappa shape index (κ2) is 13.4. The van der Waals surface area contributed by atoms with E-state index in [2.05, 4.69) is 199 Å². The zero-order chi connectivity index (χ0) is 38.9. The van der Waals surface area contributed by atoms with Gasteiger partial charge in [-0.25, -0.2) is 4.98 Å². The van der Waals surface area contributed by atoms with E-state index in [-0.39, 0.29) is 0 Å². The summed E-state index contributed by atoms with van der Waals surface area (Å²) in [5, 5.41) is 12.2. The summed E-state index contributed by atoms with van der Waals surface area (Å²) in [5.41, 5.74) is 11.4. The number of aromatic nitrogens is 3. The lowest BCUT2D eigenvalue weighted by molar-refractivity contribution is 1.08. The highest BCUT2D eigenvalue weighted by Crippen LogP contribution is 2.46. The average Bonchev–Trinajstić information content (AvgIpc) is 3.65. The number of hydrogen-bond acceptors (Lipinski definition) is 2. The molecule has 274 valence electrons. The Hall–Kier alpha value is -7.88. The van der Waals surface area contributed by atoms with E-state index in [9.17, 15) is 0 Å². The fourth-order valence-electron chi connectivity index (χ4n) is 9.33. The Balaban J connectivity index is 1.06. The molecule has 0 bridgehead atoms. The first-order valence-corrected chi connectivity index (χ1v) is 20.1. The van der Waals surface area contributed by atoms with Crippen molar-refractivity contribution in [3.05, 3.63) is 213 Å². The quantitative estimate of drug-likeness (QED) is 0.164. The first kappa shape index (κ1) is 33.3. The molecule has 0 saturated heterocycles. The first-order valence-electron chi connectivity index (χ1n) is 20.1. The lowest BCUT2D eigenvalue weighted by Gasteiger charge is -2.19. The molecule has 9 aromatic carbocycles. The minimum Gasteiger partial charge on any atom is -0.294 e. The number of rotatable bonds is 5. The van der Waals surface area contributed by atoms with Crippen molar-refractivity contribution < 1.29 is 0 Å². The van der Waals surface area contributed by atoms with Gasteiger partial charge in [0.25, 0.3) is 0 Å². The van der Waals surface area contributed by atoms with Gasteiger partial charge in [0.2, 0.25) is 0 Å². The van der Waals surface area contributed by atoms with Crippen molar-refractivity contribution in [1.29, 1.82) is 0 Å². The van der Waals surface area contributed by atoms with Crippen LogP contribution in [0.25, 0.3) is 115 Å². The standard InChI is InChI=1S/C56H35N3/c1-2-14-38(15-3-1)56-55-48-20-10-11-21-50(48)59(51(55)30-31-57-56)52-29-27-44(35-58-52)41-26-28-47-49(34-41)54(43-25-23-37-13-5-7-17-40(37)33-43)46-19-9-8-18-45(46)53(47)42-24-22-36-12-4-6-16-39(36)32-42/h1-35H. The topological polar surface area (TPSA) is 30.7 Å². The maximum Gasteiger partial charge on any atom is 0.137 e. The van der Waals surface area contributed by atoms with E-state index in [0.29, 0.717) is 0 Å². The zero-order valence-corrected chi connectivity index (χ0v) is 32.0. The summed E-state index contributed by atoms with van der Waals surface area (Å²) in [5.74, 6) is 0.868. The molecule has 12 aromatic rings. The van der Waals surface area contributed by atoms with Crippen LogP contribution in [0.2, 0.25) is 0 Å². The third-order valence-electron chi connectivity index (χ3n) is 12.0. The van der Waals surface area contributed by atoms with Gasteiger partial charge in [0.05, 0.1) is 16.7 Å². The number of nitrogens with zero attached hydrogens (tertiary/aromatic N) is 3. The smallest absolute Gasteiger partial charge is 0.137 e. The van der Waals surface area contributed by atoms with E-state index in [1.165, 1.54) is 65.3 Å². The van der Waals surface area contributed by atoms with Crippen molar-refractivity contribution >= 4 is 64.9 Å². The molecule has 0 amide bonds. The van der Waals surface area contributed by atoms with Gasteiger partial charge in [0.15, 0.2) is 0 Å². The molecule has 0 unspecified atom stereocenters. The van der Waals surface area contributed by atoms with Gasteiger partial charge in [-0.2, -0.15) is 0 Å². The number of para-hydroxylation sites is 1. The largest absolute Gasteiger partial charge is 0.294 e. The molecular formula is C56H35N3. The summed E-state index contributed by atoms with van der Waals surface area (Å²) in [6.07, 6.45) is 3.93. The highest BCUT2D eigenvalue weighted by molar-refractivity contribution is 6.22. The fraction of sp³-hybridized carbons (Fsp3) is 0. The SMILES string of the molecule is c1ccc(-c2nccc3c2c2ccccc2n3-c2ccc(-c3ccc4c(-c5ccc6ccccc6c5)c5ccccc5c(-c5ccc6ccccc6c5)c4c3)cn2)cc1. The minimum absolute atomic E-state index is 0.868. The van der Waals surface area contributed by atoms with Crippen molar-refractivity contribution in [2.24, 2.45) is 0 Å². The summed E-state index contributed by atoms with van der Waals surface area (Å²) in [6.45, 7) is 0. The first-order chi connectivity index (χ1) is 29.3. The Bertz CT molecular complexity index is 3600. The fourth-order valence-corrected chi connectivity index (χ4v) is 9.33. The predicted octanol–water partition coefficient (Wildman–Crippen LogP) is 14.9. The summed E-state index contributed by atoms with van der Waals surface area (Å²) >= 11 is 0. The monoisotopic (exact) mass is 749 g/mol. The van der Waals surface area contributed by atoms with E-state index in [4.69, 9.17) is 9.97 Å². The molecule has 0 aliphatic carbocycles. The van der Waals surface area contributed by atoms with Crippen LogP contribution in [-0.4, -0.2) is 14.5 Å². The molecule has 0 saturated carbocycles. The lowest BCUT2D eigenvalue weighted by Crippen LogP contribution is -1.97. The van der Waals surface area contributed by atoms with Gasteiger partial charge < -0.3 is 0 Å².